The molecule has 0 heterocycles. The van der Waals surface area contributed by atoms with Crippen LogP contribution in [-0.2, 0) is 6.54 Å². The van der Waals surface area contributed by atoms with E-state index in [4.69, 9.17) is 0 Å². The van der Waals surface area contributed by atoms with Gasteiger partial charge >= 0.3 is 0 Å². The van der Waals surface area contributed by atoms with Crippen LogP contribution < -0.4 is 5.32 Å². The van der Waals surface area contributed by atoms with Crippen LogP contribution in [0.15, 0.2) is 24.3 Å². The molecule has 1 N–H and O–H groups in total. The third-order valence-electron chi connectivity index (χ3n) is 2.41. The highest BCUT2D eigenvalue weighted by molar-refractivity contribution is 5.27. The maximum absolute atomic E-state index is 3.15. The van der Waals surface area contributed by atoms with E-state index in [1.165, 1.54) is 24.0 Å². The van der Waals surface area contributed by atoms with Crippen LogP contribution in [0.2, 0.25) is 0 Å². The van der Waals surface area contributed by atoms with Crippen LogP contribution in [0.1, 0.15) is 29.9 Å². The molecule has 0 aliphatic heterocycles. The summed E-state index contributed by atoms with van der Waals surface area (Å²) in [5.74, 6) is 0.883. The summed E-state index contributed by atoms with van der Waals surface area (Å²) < 4.78 is 0. The van der Waals surface area contributed by atoms with Gasteiger partial charge < -0.3 is 5.32 Å². The molecule has 0 spiro atoms. The van der Waals surface area contributed by atoms with Crippen molar-refractivity contribution in [3.05, 3.63) is 35.4 Å². The van der Waals surface area contributed by atoms with Gasteiger partial charge in [-0.15, -0.1) is 0 Å². The molecule has 2 rings (SSSR count). The predicted octanol–water partition coefficient (Wildman–Crippen LogP) is 2.28. The minimum Gasteiger partial charge on any atom is -0.316 e. The van der Waals surface area contributed by atoms with Gasteiger partial charge in [-0.25, -0.2) is 0 Å². The van der Waals surface area contributed by atoms with E-state index in [1.807, 2.05) is 7.05 Å². The summed E-state index contributed by atoms with van der Waals surface area (Å²) >= 11 is 0. The lowest BCUT2D eigenvalue weighted by Crippen LogP contribution is -2.04. The molecule has 64 valence electrons. The number of benzene rings is 1. The van der Waals surface area contributed by atoms with E-state index in [1.54, 1.807) is 0 Å². The van der Waals surface area contributed by atoms with E-state index in [9.17, 15) is 0 Å². The third kappa shape index (κ3) is 1.67. The largest absolute Gasteiger partial charge is 0.316 e. The second kappa shape index (κ2) is 3.28. The fraction of sp³-hybridized carbons (Fsp3) is 0.455. The molecule has 0 unspecified atom stereocenters. The highest BCUT2D eigenvalue weighted by Crippen LogP contribution is 2.39. The van der Waals surface area contributed by atoms with Crippen LogP contribution in [-0.4, -0.2) is 7.05 Å². The molecular formula is C11H15N. The van der Waals surface area contributed by atoms with Crippen LogP contribution in [0.5, 0.6) is 0 Å². The van der Waals surface area contributed by atoms with E-state index in [0.29, 0.717) is 0 Å². The highest BCUT2D eigenvalue weighted by Gasteiger charge is 2.22. The molecule has 1 fully saturated rings. The molecule has 1 nitrogen and oxygen atoms in total. The van der Waals surface area contributed by atoms with Crippen LogP contribution in [0.3, 0.4) is 0 Å². The first-order valence-electron chi connectivity index (χ1n) is 4.63. The third-order valence-corrected chi connectivity index (χ3v) is 2.41. The first kappa shape index (κ1) is 7.81. The summed E-state index contributed by atoms with van der Waals surface area (Å²) in [5, 5.41) is 3.15. The molecular weight excluding hydrogens is 146 g/mol. The van der Waals surface area contributed by atoms with Gasteiger partial charge in [0, 0.05) is 6.54 Å². The Morgan fingerprint density at radius 2 is 1.92 bits per heavy atom. The zero-order valence-electron chi connectivity index (χ0n) is 7.51. The second-order valence-corrected chi connectivity index (χ2v) is 3.55. The summed E-state index contributed by atoms with van der Waals surface area (Å²) in [7, 11) is 1.98. The Labute approximate surface area is 73.8 Å². The van der Waals surface area contributed by atoms with Crippen molar-refractivity contribution >= 4 is 0 Å². The summed E-state index contributed by atoms with van der Waals surface area (Å²) in [6.45, 7) is 0.977. The van der Waals surface area contributed by atoms with Crippen molar-refractivity contribution < 1.29 is 0 Å². The molecule has 1 heteroatoms. The summed E-state index contributed by atoms with van der Waals surface area (Å²) in [6.07, 6.45) is 2.79. The van der Waals surface area contributed by atoms with Gasteiger partial charge in [0.05, 0.1) is 0 Å². The zero-order chi connectivity index (χ0) is 8.39. The van der Waals surface area contributed by atoms with Gasteiger partial charge in [-0.05, 0) is 36.9 Å². The van der Waals surface area contributed by atoms with Gasteiger partial charge in [0.1, 0.15) is 0 Å². The van der Waals surface area contributed by atoms with Gasteiger partial charge in [0.25, 0.3) is 0 Å². The van der Waals surface area contributed by atoms with Gasteiger partial charge in [-0.2, -0.15) is 0 Å². The lowest BCUT2D eigenvalue weighted by atomic mass is 10.1. The number of nitrogens with one attached hydrogen (secondary N) is 1. The average Bonchev–Trinajstić information content (AvgIpc) is 2.89. The molecule has 1 saturated carbocycles. The van der Waals surface area contributed by atoms with E-state index in [-0.39, 0.29) is 0 Å². The number of hydrogen-bond acceptors (Lipinski definition) is 1. The average molecular weight is 161 g/mol. The molecule has 0 bridgehead atoms. The first-order valence-corrected chi connectivity index (χ1v) is 4.63. The standard InChI is InChI=1S/C11H15N/c1-12-8-9-2-4-10(5-3-9)11-6-7-11/h2-5,11-12H,6-8H2,1H3. The summed E-state index contributed by atoms with van der Waals surface area (Å²) in [5.41, 5.74) is 2.90. The summed E-state index contributed by atoms with van der Waals surface area (Å²) in [6, 6.07) is 8.99. The molecule has 1 aromatic rings. The fourth-order valence-electron chi connectivity index (χ4n) is 1.53. The molecule has 0 saturated heterocycles. The first-order chi connectivity index (χ1) is 5.90. The van der Waals surface area contributed by atoms with Crippen LogP contribution >= 0.6 is 0 Å². The van der Waals surface area contributed by atoms with Crippen LogP contribution in [0, 0.1) is 0 Å². The van der Waals surface area contributed by atoms with Crippen molar-refractivity contribution in [3.8, 4) is 0 Å². The quantitative estimate of drug-likeness (QED) is 0.717. The van der Waals surface area contributed by atoms with Crippen molar-refractivity contribution in [2.24, 2.45) is 0 Å². The molecule has 0 aromatic heterocycles. The van der Waals surface area contributed by atoms with E-state index in [2.05, 4.69) is 29.6 Å². The Morgan fingerprint density at radius 1 is 1.25 bits per heavy atom. The van der Waals surface area contributed by atoms with Crippen molar-refractivity contribution in [1.82, 2.24) is 5.32 Å². The summed E-state index contributed by atoms with van der Waals surface area (Å²) in [4.78, 5) is 0. The van der Waals surface area contributed by atoms with Gasteiger partial charge in [-0.3, -0.25) is 0 Å². The van der Waals surface area contributed by atoms with E-state index >= 15 is 0 Å². The topological polar surface area (TPSA) is 12.0 Å². The van der Waals surface area contributed by atoms with Crippen molar-refractivity contribution in [3.63, 3.8) is 0 Å². The Morgan fingerprint density at radius 3 is 2.42 bits per heavy atom. The monoisotopic (exact) mass is 161 g/mol. The number of hydrogen-bond donors (Lipinski definition) is 1. The van der Waals surface area contributed by atoms with Crippen LogP contribution in [0.25, 0.3) is 0 Å². The normalized spacial score (nSPS) is 16.4. The number of rotatable bonds is 3. The minimum atomic E-state index is 0.883. The molecule has 1 aliphatic rings. The Bertz CT molecular complexity index is 246. The minimum absolute atomic E-state index is 0.883. The van der Waals surface area contributed by atoms with Crippen molar-refractivity contribution in [2.75, 3.05) is 7.05 Å². The molecule has 0 radical (unpaired) electrons. The maximum atomic E-state index is 3.15. The Hall–Kier alpha value is -0.820. The Kier molecular flexibility index (Phi) is 2.13. The molecule has 0 atom stereocenters. The molecule has 0 amide bonds. The predicted molar refractivity (Wildman–Crippen MR) is 51.2 cm³/mol. The van der Waals surface area contributed by atoms with Crippen molar-refractivity contribution in [1.29, 1.82) is 0 Å². The zero-order valence-corrected chi connectivity index (χ0v) is 7.51. The van der Waals surface area contributed by atoms with Gasteiger partial charge in [0.15, 0.2) is 0 Å². The van der Waals surface area contributed by atoms with Crippen LogP contribution in [0.4, 0.5) is 0 Å². The fourth-order valence-corrected chi connectivity index (χ4v) is 1.53. The van der Waals surface area contributed by atoms with Gasteiger partial charge in [-0.1, -0.05) is 24.3 Å². The van der Waals surface area contributed by atoms with Crippen molar-refractivity contribution in [2.45, 2.75) is 25.3 Å². The second-order valence-electron chi connectivity index (χ2n) is 3.55. The lowest BCUT2D eigenvalue weighted by Gasteiger charge is -2.01. The molecule has 12 heavy (non-hydrogen) atoms. The molecule has 1 aliphatic carbocycles. The Balaban J connectivity index is 2.08. The lowest BCUT2D eigenvalue weighted by molar-refractivity contribution is 0.817. The SMILES string of the molecule is CNCc1ccc(C2CC2)cc1. The molecule has 1 aromatic carbocycles. The van der Waals surface area contributed by atoms with E-state index in [0.717, 1.165) is 12.5 Å². The smallest absolute Gasteiger partial charge is 0.0202 e. The van der Waals surface area contributed by atoms with E-state index < -0.39 is 0 Å². The highest BCUT2D eigenvalue weighted by atomic mass is 14.8. The maximum Gasteiger partial charge on any atom is 0.0202 e. The van der Waals surface area contributed by atoms with Gasteiger partial charge in [0.2, 0.25) is 0 Å².